The number of hydrogen-bond acceptors (Lipinski definition) is 5. The second kappa shape index (κ2) is 11.8. The molecule has 192 valence electrons. The lowest BCUT2D eigenvalue weighted by Crippen LogP contribution is -3.14. The first-order valence-corrected chi connectivity index (χ1v) is 12.9. The monoisotopic (exact) mass is 495 g/mol. The van der Waals surface area contributed by atoms with Crippen molar-refractivity contribution in [2.24, 2.45) is 11.8 Å². The summed E-state index contributed by atoms with van der Waals surface area (Å²) in [5.41, 5.74) is 2.02. The molecule has 0 radical (unpaired) electrons. The van der Waals surface area contributed by atoms with Crippen molar-refractivity contribution < 1.29 is 33.7 Å². The summed E-state index contributed by atoms with van der Waals surface area (Å²) < 4.78 is 11.3. The maximum absolute atomic E-state index is 13.7. The average Bonchev–Trinajstić information content (AvgIpc) is 3.13. The predicted molar refractivity (Wildman–Crippen MR) is 133 cm³/mol. The Labute approximate surface area is 212 Å². The van der Waals surface area contributed by atoms with Gasteiger partial charge < -0.3 is 19.3 Å². The van der Waals surface area contributed by atoms with Gasteiger partial charge in [0.05, 0.1) is 32.4 Å². The van der Waals surface area contributed by atoms with Gasteiger partial charge in [-0.3, -0.25) is 14.4 Å². The normalized spacial score (nSPS) is 20.8. The van der Waals surface area contributed by atoms with Crippen molar-refractivity contribution >= 4 is 17.5 Å². The maximum atomic E-state index is 13.7. The molecule has 2 aliphatic heterocycles. The molecule has 0 spiro atoms. The fraction of sp³-hybridized carbons (Fsp3) is 0.500. The smallest absolute Gasteiger partial charge is 0.291 e. The summed E-state index contributed by atoms with van der Waals surface area (Å²) in [7, 11) is 0. The molecular weight excluding hydrogens is 458 g/mol. The molecule has 1 aromatic heterocycles. The van der Waals surface area contributed by atoms with E-state index in [1.54, 1.807) is 35.5 Å². The van der Waals surface area contributed by atoms with Crippen molar-refractivity contribution in [2.75, 3.05) is 46.0 Å². The Morgan fingerprint density at radius 3 is 2.56 bits per heavy atom. The number of pyridine rings is 1. The van der Waals surface area contributed by atoms with Gasteiger partial charge in [0.15, 0.2) is 18.2 Å². The molecule has 0 bridgehead atoms. The number of carbonyl (C=O) groups excluding carboxylic acids is 3. The molecule has 3 heterocycles. The molecular formula is C28H37N3O5+2. The first-order valence-electron chi connectivity index (χ1n) is 12.9. The standard InChI is InChI=1S/C28H35N3O5/c1-19(2)18-36-23-6-5-22(17-20(23)3)26(32)24-25(21-7-9-29-10-8-21)31(28(34)27(24)33)12-4-11-30-13-15-35-16-14-30/h5-10,17,19,24-25H,4,11-16,18H2,1-3H3/p+2. The van der Waals surface area contributed by atoms with Crippen LogP contribution in [0.3, 0.4) is 0 Å². The molecule has 2 atom stereocenters. The lowest BCUT2D eigenvalue weighted by atomic mass is 9.86. The molecule has 0 aliphatic carbocycles. The van der Waals surface area contributed by atoms with Crippen molar-refractivity contribution in [2.45, 2.75) is 33.2 Å². The quantitative estimate of drug-likeness (QED) is 0.303. The molecule has 2 saturated heterocycles. The first-order chi connectivity index (χ1) is 17.4. The number of aromatic nitrogens is 1. The molecule has 8 nitrogen and oxygen atoms in total. The average molecular weight is 496 g/mol. The zero-order chi connectivity index (χ0) is 25.7. The Balaban J connectivity index is 1.56. The van der Waals surface area contributed by atoms with Gasteiger partial charge in [0.1, 0.15) is 24.8 Å². The summed E-state index contributed by atoms with van der Waals surface area (Å²) >= 11 is 0. The Hall–Kier alpha value is -3.10. The van der Waals surface area contributed by atoms with E-state index in [0.29, 0.717) is 24.6 Å². The molecule has 2 N–H and O–H groups in total. The molecule has 2 unspecified atom stereocenters. The van der Waals surface area contributed by atoms with Crippen LogP contribution >= 0.6 is 0 Å². The van der Waals surface area contributed by atoms with E-state index in [1.165, 1.54) is 4.90 Å². The number of carbonyl (C=O) groups is 3. The van der Waals surface area contributed by atoms with Gasteiger partial charge in [0.25, 0.3) is 5.91 Å². The van der Waals surface area contributed by atoms with Crippen LogP contribution in [-0.4, -0.2) is 68.4 Å². The van der Waals surface area contributed by atoms with Crippen LogP contribution in [0.15, 0.2) is 42.7 Å². The van der Waals surface area contributed by atoms with E-state index in [9.17, 15) is 14.4 Å². The van der Waals surface area contributed by atoms with Crippen molar-refractivity contribution in [3.63, 3.8) is 0 Å². The van der Waals surface area contributed by atoms with E-state index in [-0.39, 0.29) is 5.78 Å². The Kier molecular flexibility index (Phi) is 8.48. The van der Waals surface area contributed by atoms with Gasteiger partial charge in [0, 0.05) is 30.7 Å². The zero-order valence-corrected chi connectivity index (χ0v) is 21.4. The second-order valence-electron chi connectivity index (χ2n) is 10.1. The third-order valence-electron chi connectivity index (χ3n) is 6.93. The van der Waals surface area contributed by atoms with E-state index in [1.807, 2.05) is 19.1 Å². The molecule has 2 fully saturated rings. The number of ketones is 2. The number of quaternary nitrogens is 1. The molecule has 2 aliphatic rings. The summed E-state index contributed by atoms with van der Waals surface area (Å²) in [5, 5.41) is 0. The number of amides is 1. The fourth-order valence-corrected chi connectivity index (χ4v) is 5.01. The molecule has 4 rings (SSSR count). The van der Waals surface area contributed by atoms with Gasteiger partial charge in [-0.05, 0) is 42.2 Å². The highest BCUT2D eigenvalue weighted by Crippen LogP contribution is 2.38. The molecule has 2 aromatic rings. The molecule has 1 amide bonds. The van der Waals surface area contributed by atoms with Gasteiger partial charge in [-0.15, -0.1) is 0 Å². The molecule has 1 aromatic carbocycles. The van der Waals surface area contributed by atoms with E-state index >= 15 is 0 Å². The number of morpholine rings is 1. The van der Waals surface area contributed by atoms with Crippen LogP contribution in [0.1, 0.15) is 47.8 Å². The lowest BCUT2D eigenvalue weighted by molar-refractivity contribution is -0.908. The van der Waals surface area contributed by atoms with Crippen molar-refractivity contribution in [1.29, 1.82) is 0 Å². The Morgan fingerprint density at radius 2 is 1.89 bits per heavy atom. The maximum Gasteiger partial charge on any atom is 0.291 e. The molecule has 0 saturated carbocycles. The largest absolute Gasteiger partial charge is 0.493 e. The highest BCUT2D eigenvalue weighted by Gasteiger charge is 2.51. The van der Waals surface area contributed by atoms with Crippen molar-refractivity contribution in [1.82, 2.24) is 4.90 Å². The predicted octanol–water partition coefficient (Wildman–Crippen LogP) is 1.10. The number of ether oxygens (including phenoxy) is 2. The fourth-order valence-electron chi connectivity index (χ4n) is 5.01. The number of benzene rings is 1. The Morgan fingerprint density at radius 1 is 1.17 bits per heavy atom. The van der Waals surface area contributed by atoms with Crippen LogP contribution in [-0.2, 0) is 14.3 Å². The third kappa shape index (κ3) is 5.82. The van der Waals surface area contributed by atoms with Gasteiger partial charge >= 0.3 is 0 Å². The summed E-state index contributed by atoms with van der Waals surface area (Å²) in [6.45, 7) is 11.3. The minimum Gasteiger partial charge on any atom is -0.493 e. The van der Waals surface area contributed by atoms with Gasteiger partial charge in [-0.1, -0.05) is 13.8 Å². The van der Waals surface area contributed by atoms with E-state index < -0.39 is 23.7 Å². The lowest BCUT2D eigenvalue weighted by Gasteiger charge is -2.28. The van der Waals surface area contributed by atoms with Crippen LogP contribution in [0.2, 0.25) is 0 Å². The third-order valence-corrected chi connectivity index (χ3v) is 6.93. The number of aromatic amines is 1. The van der Waals surface area contributed by atoms with Gasteiger partial charge in [-0.2, -0.15) is 0 Å². The number of H-pyrrole nitrogens is 1. The number of nitrogens with one attached hydrogen (secondary N) is 2. The van der Waals surface area contributed by atoms with E-state index in [0.717, 1.165) is 56.1 Å². The molecule has 36 heavy (non-hydrogen) atoms. The van der Waals surface area contributed by atoms with E-state index in [4.69, 9.17) is 9.47 Å². The minimum absolute atomic E-state index is 0.328. The molecule has 8 heteroatoms. The van der Waals surface area contributed by atoms with Crippen LogP contribution in [0.25, 0.3) is 0 Å². The van der Waals surface area contributed by atoms with Gasteiger partial charge in [-0.25, -0.2) is 4.98 Å². The number of Topliss-reactive ketones (excluding diaryl/α,β-unsaturated/α-hetero) is 2. The summed E-state index contributed by atoms with van der Waals surface area (Å²) in [6.07, 6.45) is 4.27. The summed E-state index contributed by atoms with van der Waals surface area (Å²) in [5.74, 6) is -1.50. The highest BCUT2D eigenvalue weighted by atomic mass is 16.5. The van der Waals surface area contributed by atoms with Gasteiger partial charge in [0.2, 0.25) is 5.78 Å². The van der Waals surface area contributed by atoms with Crippen LogP contribution in [0.4, 0.5) is 0 Å². The number of aryl methyl sites for hydroxylation is 1. The SMILES string of the molecule is Cc1cc(C(=O)C2C(=O)C(=O)N(CCC[NH+]3CCOCC3)C2c2cc[nH+]cc2)ccc1OCC(C)C. The number of rotatable bonds is 10. The minimum atomic E-state index is -1.07. The highest BCUT2D eigenvalue weighted by molar-refractivity contribution is 6.44. The zero-order valence-electron chi connectivity index (χ0n) is 21.4. The number of hydrogen-bond donors (Lipinski definition) is 1. The van der Waals surface area contributed by atoms with E-state index in [2.05, 4.69) is 18.8 Å². The second-order valence-corrected chi connectivity index (χ2v) is 10.1. The van der Waals surface area contributed by atoms with Crippen LogP contribution in [0, 0.1) is 18.8 Å². The topological polar surface area (TPSA) is 91.5 Å². The van der Waals surface area contributed by atoms with Crippen LogP contribution < -0.4 is 14.6 Å². The summed E-state index contributed by atoms with van der Waals surface area (Å²) in [4.78, 5) is 46.1. The van der Waals surface area contributed by atoms with Crippen molar-refractivity contribution in [3.8, 4) is 5.75 Å². The number of nitrogens with zero attached hydrogens (tertiary/aromatic N) is 1. The first kappa shape index (κ1) is 26.0. The number of likely N-dealkylation sites (tertiary alicyclic amines) is 1. The van der Waals surface area contributed by atoms with Crippen LogP contribution in [0.5, 0.6) is 5.75 Å². The Bertz CT molecular complexity index is 1080. The van der Waals surface area contributed by atoms with Crippen molar-refractivity contribution in [3.05, 3.63) is 59.4 Å². The summed E-state index contributed by atoms with van der Waals surface area (Å²) in [6, 6.07) is 8.29.